The number of nitrogens with zero attached hydrogens (tertiary/aromatic N) is 2. The minimum atomic E-state index is -3.88. The highest BCUT2D eigenvalue weighted by Crippen LogP contribution is 2.26. The lowest BCUT2D eigenvalue weighted by atomic mass is 10.2. The number of carbonyl (C=O) groups excluding carboxylic acids is 1. The molecule has 174 valence electrons. The molecule has 33 heavy (non-hydrogen) atoms. The van der Waals surface area contributed by atoms with E-state index in [-0.39, 0.29) is 10.8 Å². The van der Waals surface area contributed by atoms with Gasteiger partial charge in [0.2, 0.25) is 0 Å². The number of methoxy groups -OCH3 is 1. The van der Waals surface area contributed by atoms with E-state index in [4.69, 9.17) is 4.74 Å². The van der Waals surface area contributed by atoms with Crippen molar-refractivity contribution in [2.75, 3.05) is 44.6 Å². The number of sulfonamides is 1. The maximum atomic E-state index is 13.1. The minimum Gasteiger partial charge on any atom is -0.495 e. The summed E-state index contributed by atoms with van der Waals surface area (Å²) < 4.78 is 33.6. The number of piperazine rings is 1. The minimum absolute atomic E-state index is 0.0360. The lowest BCUT2D eigenvalue weighted by Gasteiger charge is -2.34. The van der Waals surface area contributed by atoms with Crippen LogP contribution >= 0.6 is 11.3 Å². The maximum Gasteiger partial charge on any atom is 0.262 e. The molecule has 0 bridgehead atoms. The molecule has 0 spiro atoms. The van der Waals surface area contributed by atoms with Crippen LogP contribution in [0.1, 0.15) is 15.2 Å². The summed E-state index contributed by atoms with van der Waals surface area (Å²) in [4.78, 5) is 18.6. The van der Waals surface area contributed by atoms with E-state index in [9.17, 15) is 13.2 Å². The molecule has 1 fully saturated rings. The molecule has 9 heteroatoms. The van der Waals surface area contributed by atoms with Gasteiger partial charge in [-0.1, -0.05) is 24.3 Å². The van der Waals surface area contributed by atoms with Gasteiger partial charge in [0.05, 0.1) is 17.7 Å². The van der Waals surface area contributed by atoms with Crippen molar-refractivity contribution in [1.82, 2.24) is 9.80 Å². The van der Waals surface area contributed by atoms with E-state index in [0.29, 0.717) is 30.1 Å². The molecule has 0 unspecified atom stereocenters. The average Bonchev–Trinajstić information content (AvgIpc) is 3.37. The Morgan fingerprint density at radius 3 is 2.55 bits per heavy atom. The van der Waals surface area contributed by atoms with E-state index in [1.54, 1.807) is 52.6 Å². The molecule has 1 aliphatic rings. The fourth-order valence-electron chi connectivity index (χ4n) is 3.81. The maximum absolute atomic E-state index is 13.1. The Hall–Kier alpha value is -2.88. The number of hydrogen-bond donors (Lipinski definition) is 1. The Morgan fingerprint density at radius 2 is 1.82 bits per heavy atom. The number of ether oxygens (including phenoxy) is 1. The highest BCUT2D eigenvalue weighted by molar-refractivity contribution is 7.92. The highest BCUT2D eigenvalue weighted by Gasteiger charge is 2.24. The van der Waals surface area contributed by atoms with Crippen LogP contribution in [0.25, 0.3) is 0 Å². The van der Waals surface area contributed by atoms with Crippen LogP contribution < -0.4 is 9.46 Å². The fourth-order valence-corrected chi connectivity index (χ4v) is 5.62. The summed E-state index contributed by atoms with van der Waals surface area (Å²) in [5.41, 5.74) is 0.709. The molecule has 0 radical (unpaired) electrons. The summed E-state index contributed by atoms with van der Waals surface area (Å²) >= 11 is 1.77. The van der Waals surface area contributed by atoms with Crippen molar-refractivity contribution in [2.24, 2.45) is 0 Å². The lowest BCUT2D eigenvalue weighted by molar-refractivity contribution is 0.0638. The van der Waals surface area contributed by atoms with Gasteiger partial charge in [-0.2, -0.15) is 0 Å². The van der Waals surface area contributed by atoms with Crippen molar-refractivity contribution in [3.63, 3.8) is 0 Å². The SMILES string of the molecule is COc1ccccc1NS(=O)(=O)c1cccc(C(=O)N2CCN(CCc3cccs3)CC2)c1. The first-order chi connectivity index (χ1) is 16.0. The number of rotatable bonds is 8. The first-order valence-corrected chi connectivity index (χ1v) is 13.1. The number of thiophene rings is 1. The quantitative estimate of drug-likeness (QED) is 0.528. The summed E-state index contributed by atoms with van der Waals surface area (Å²) in [6.45, 7) is 3.85. The number of hydrogen-bond acceptors (Lipinski definition) is 6. The fraction of sp³-hybridized carbons (Fsp3) is 0.292. The number of benzene rings is 2. The van der Waals surface area contributed by atoms with Gasteiger partial charge < -0.3 is 9.64 Å². The summed E-state index contributed by atoms with van der Waals surface area (Å²) in [6, 6.07) is 17.2. The third kappa shape index (κ3) is 5.73. The van der Waals surface area contributed by atoms with Gasteiger partial charge in [-0.25, -0.2) is 8.42 Å². The van der Waals surface area contributed by atoms with Crippen LogP contribution in [0.4, 0.5) is 5.69 Å². The second kappa shape index (κ2) is 10.4. The second-order valence-corrected chi connectivity index (χ2v) is 10.5. The van der Waals surface area contributed by atoms with Crippen molar-refractivity contribution in [1.29, 1.82) is 0 Å². The molecule has 2 aromatic carbocycles. The molecular weight excluding hydrogens is 458 g/mol. The van der Waals surface area contributed by atoms with Crippen LogP contribution in [-0.2, 0) is 16.4 Å². The number of nitrogens with one attached hydrogen (secondary N) is 1. The van der Waals surface area contributed by atoms with Gasteiger partial charge in [0.25, 0.3) is 15.9 Å². The monoisotopic (exact) mass is 485 g/mol. The van der Waals surface area contributed by atoms with Gasteiger partial charge in [-0.05, 0) is 48.2 Å². The lowest BCUT2D eigenvalue weighted by Crippen LogP contribution is -2.49. The molecule has 1 amide bonds. The summed E-state index contributed by atoms with van der Waals surface area (Å²) in [5, 5.41) is 2.09. The van der Waals surface area contributed by atoms with Gasteiger partial charge in [-0.3, -0.25) is 14.4 Å². The van der Waals surface area contributed by atoms with Gasteiger partial charge in [-0.15, -0.1) is 11.3 Å². The molecule has 0 aliphatic carbocycles. The highest BCUT2D eigenvalue weighted by atomic mass is 32.2. The normalized spacial score (nSPS) is 14.8. The standard InChI is InChI=1S/C24H27N3O4S2/c1-31-23-10-3-2-9-22(23)25-33(29,30)21-8-4-6-19(18-21)24(28)27-15-13-26(14-16-27)12-11-20-7-5-17-32-20/h2-10,17-18,25H,11-16H2,1H3. The van der Waals surface area contributed by atoms with Crippen LogP contribution in [-0.4, -0.2) is 64.0 Å². The number of carbonyl (C=O) groups is 1. The predicted octanol–water partition coefficient (Wildman–Crippen LogP) is 3.56. The molecule has 3 aromatic rings. The largest absolute Gasteiger partial charge is 0.495 e. The first-order valence-electron chi connectivity index (χ1n) is 10.8. The third-order valence-corrected chi connectivity index (χ3v) is 7.96. The Labute approximate surface area is 198 Å². The van der Waals surface area contributed by atoms with Crippen molar-refractivity contribution in [3.8, 4) is 5.75 Å². The molecular formula is C24H27N3O4S2. The molecule has 0 saturated carbocycles. The van der Waals surface area contributed by atoms with E-state index < -0.39 is 10.0 Å². The van der Waals surface area contributed by atoms with Gasteiger partial charge in [0.15, 0.2) is 0 Å². The molecule has 7 nitrogen and oxygen atoms in total. The molecule has 2 heterocycles. The third-order valence-electron chi connectivity index (χ3n) is 5.66. The molecule has 1 N–H and O–H groups in total. The van der Waals surface area contributed by atoms with Crippen LogP contribution in [0, 0.1) is 0 Å². The summed E-state index contributed by atoms with van der Waals surface area (Å²) in [7, 11) is -2.40. The molecule has 1 saturated heterocycles. The molecule has 1 aromatic heterocycles. The molecule has 1 aliphatic heterocycles. The topological polar surface area (TPSA) is 78.9 Å². The predicted molar refractivity (Wildman–Crippen MR) is 131 cm³/mol. The average molecular weight is 486 g/mol. The number of anilines is 1. The Morgan fingerprint density at radius 1 is 1.03 bits per heavy atom. The van der Waals surface area contributed by atoms with E-state index in [1.165, 1.54) is 24.1 Å². The van der Waals surface area contributed by atoms with Crippen molar-refractivity contribution in [2.45, 2.75) is 11.3 Å². The number of para-hydroxylation sites is 2. The smallest absolute Gasteiger partial charge is 0.262 e. The zero-order valence-electron chi connectivity index (χ0n) is 18.4. The van der Waals surface area contributed by atoms with Crippen molar-refractivity contribution < 1.29 is 17.9 Å². The van der Waals surface area contributed by atoms with E-state index in [1.807, 2.05) is 0 Å². The molecule has 0 atom stereocenters. The van der Waals surface area contributed by atoms with Crippen molar-refractivity contribution in [3.05, 3.63) is 76.5 Å². The van der Waals surface area contributed by atoms with Crippen LogP contribution in [0.3, 0.4) is 0 Å². The Bertz CT molecular complexity index is 1190. The first kappa shape index (κ1) is 23.3. The van der Waals surface area contributed by atoms with Gasteiger partial charge >= 0.3 is 0 Å². The van der Waals surface area contributed by atoms with E-state index in [2.05, 4.69) is 27.1 Å². The van der Waals surface area contributed by atoms with Crippen LogP contribution in [0.2, 0.25) is 0 Å². The number of amides is 1. The zero-order valence-corrected chi connectivity index (χ0v) is 20.1. The van der Waals surface area contributed by atoms with Gasteiger partial charge in [0.1, 0.15) is 5.75 Å². The molecule has 4 rings (SSSR count). The summed E-state index contributed by atoms with van der Waals surface area (Å²) in [5.74, 6) is 0.271. The van der Waals surface area contributed by atoms with Gasteiger partial charge in [0, 0.05) is 43.2 Å². The van der Waals surface area contributed by atoms with Crippen LogP contribution in [0.15, 0.2) is 70.9 Å². The second-order valence-electron chi connectivity index (χ2n) is 7.80. The Balaban J connectivity index is 1.39. The van der Waals surface area contributed by atoms with Crippen LogP contribution in [0.5, 0.6) is 5.75 Å². The van der Waals surface area contributed by atoms with Crippen molar-refractivity contribution >= 4 is 33.0 Å². The van der Waals surface area contributed by atoms with E-state index in [0.717, 1.165) is 26.1 Å². The Kier molecular flexibility index (Phi) is 7.32. The summed E-state index contributed by atoms with van der Waals surface area (Å²) in [6.07, 6.45) is 1.02. The van der Waals surface area contributed by atoms with E-state index >= 15 is 0 Å². The zero-order chi connectivity index (χ0) is 23.3.